The number of nitrogens with one attached hydrogen (secondary N) is 1. The zero-order valence-corrected chi connectivity index (χ0v) is 16.4. The summed E-state index contributed by atoms with van der Waals surface area (Å²) < 4.78 is 5.14. The third-order valence-corrected chi connectivity index (χ3v) is 4.81. The molecule has 0 aliphatic heterocycles. The molecule has 0 aliphatic carbocycles. The number of ether oxygens (including phenoxy) is 1. The van der Waals surface area contributed by atoms with E-state index in [2.05, 4.69) is 12.2 Å². The summed E-state index contributed by atoms with van der Waals surface area (Å²) in [5.41, 5.74) is 0.774. The van der Waals surface area contributed by atoms with Crippen molar-refractivity contribution in [2.24, 2.45) is 0 Å². The van der Waals surface area contributed by atoms with Crippen molar-refractivity contribution >= 4 is 34.8 Å². The van der Waals surface area contributed by atoms with Crippen LogP contribution in [-0.4, -0.2) is 42.4 Å². The van der Waals surface area contributed by atoms with E-state index >= 15 is 0 Å². The number of unbranched alkanes of at least 4 members (excludes halogenated alkanes) is 1. The second kappa shape index (κ2) is 10.5. The molecule has 7 heteroatoms. The number of likely N-dealkylation sites (N-methyl/N-ethyl adjacent to an activating group) is 1. The van der Waals surface area contributed by atoms with Crippen molar-refractivity contribution in [3.8, 4) is 0 Å². The fraction of sp³-hybridized carbons (Fsp3) is 0.350. The highest BCUT2D eigenvalue weighted by molar-refractivity contribution is 7.12. The third-order valence-electron chi connectivity index (χ3n) is 3.94. The van der Waals surface area contributed by atoms with Gasteiger partial charge in [-0.25, -0.2) is 4.79 Å². The van der Waals surface area contributed by atoms with E-state index in [4.69, 9.17) is 4.74 Å². The lowest BCUT2D eigenvalue weighted by atomic mass is 10.2. The lowest BCUT2D eigenvalue weighted by molar-refractivity contribution is -0.134. The molecule has 0 unspecified atom stereocenters. The van der Waals surface area contributed by atoms with E-state index in [-0.39, 0.29) is 24.0 Å². The van der Waals surface area contributed by atoms with Gasteiger partial charge in [0.1, 0.15) is 0 Å². The van der Waals surface area contributed by atoms with E-state index in [1.54, 1.807) is 35.2 Å². The maximum Gasteiger partial charge on any atom is 0.338 e. The minimum Gasteiger partial charge on any atom is -0.452 e. The Kier molecular flexibility index (Phi) is 8.00. The largest absolute Gasteiger partial charge is 0.452 e. The van der Waals surface area contributed by atoms with E-state index in [0.717, 1.165) is 12.8 Å². The third kappa shape index (κ3) is 6.21. The Morgan fingerprint density at radius 3 is 2.63 bits per heavy atom. The van der Waals surface area contributed by atoms with Crippen LogP contribution in [0.4, 0.5) is 5.69 Å². The molecule has 0 saturated heterocycles. The normalized spacial score (nSPS) is 10.3. The fourth-order valence-corrected chi connectivity index (χ4v) is 3.05. The van der Waals surface area contributed by atoms with Crippen LogP contribution in [0.2, 0.25) is 0 Å². The summed E-state index contributed by atoms with van der Waals surface area (Å²) in [5.74, 6) is -1.04. The number of thiophene rings is 1. The first-order chi connectivity index (χ1) is 13.0. The lowest BCUT2D eigenvalue weighted by Gasteiger charge is -2.20. The molecular weight excluding hydrogens is 364 g/mol. The number of anilines is 1. The second-order valence-corrected chi connectivity index (χ2v) is 6.86. The molecule has 2 aromatic rings. The predicted octanol–water partition coefficient (Wildman–Crippen LogP) is 3.81. The SMILES string of the molecule is CCCCN(CC)C(=O)COC(=O)c1cccc(NC(=O)c2cccs2)c1. The Balaban J connectivity index is 1.92. The molecule has 0 fully saturated rings. The fourth-order valence-electron chi connectivity index (χ4n) is 2.43. The number of carbonyl (C=O) groups excluding carboxylic acids is 3. The lowest BCUT2D eigenvalue weighted by Crippen LogP contribution is -2.35. The van der Waals surface area contributed by atoms with Crippen LogP contribution >= 0.6 is 11.3 Å². The van der Waals surface area contributed by atoms with Gasteiger partial charge in [0, 0.05) is 18.8 Å². The molecule has 0 saturated carbocycles. The average Bonchev–Trinajstić information content (AvgIpc) is 3.22. The molecule has 1 N–H and O–H groups in total. The predicted molar refractivity (Wildman–Crippen MR) is 106 cm³/mol. The molecule has 2 rings (SSSR count). The molecule has 1 aromatic heterocycles. The van der Waals surface area contributed by atoms with Crippen LogP contribution < -0.4 is 5.32 Å². The maximum absolute atomic E-state index is 12.2. The Morgan fingerprint density at radius 1 is 1.15 bits per heavy atom. The van der Waals surface area contributed by atoms with Gasteiger partial charge in [-0.2, -0.15) is 0 Å². The number of rotatable bonds is 9. The molecule has 27 heavy (non-hydrogen) atoms. The van der Waals surface area contributed by atoms with Crippen LogP contribution in [0, 0.1) is 0 Å². The maximum atomic E-state index is 12.2. The Labute approximate surface area is 163 Å². The summed E-state index contributed by atoms with van der Waals surface area (Å²) in [7, 11) is 0. The van der Waals surface area contributed by atoms with E-state index in [9.17, 15) is 14.4 Å². The summed E-state index contributed by atoms with van der Waals surface area (Å²) >= 11 is 1.34. The van der Waals surface area contributed by atoms with Gasteiger partial charge in [-0.1, -0.05) is 25.5 Å². The second-order valence-electron chi connectivity index (χ2n) is 5.92. The highest BCUT2D eigenvalue weighted by Gasteiger charge is 2.15. The quantitative estimate of drug-likeness (QED) is 0.663. The van der Waals surface area contributed by atoms with Crippen molar-refractivity contribution in [3.63, 3.8) is 0 Å². The van der Waals surface area contributed by atoms with Gasteiger partial charge < -0.3 is 15.0 Å². The van der Waals surface area contributed by atoms with Gasteiger partial charge in [-0.3, -0.25) is 9.59 Å². The zero-order valence-electron chi connectivity index (χ0n) is 15.6. The van der Waals surface area contributed by atoms with Crippen LogP contribution in [0.5, 0.6) is 0 Å². The highest BCUT2D eigenvalue weighted by atomic mass is 32.1. The van der Waals surface area contributed by atoms with E-state index in [1.165, 1.54) is 17.4 Å². The summed E-state index contributed by atoms with van der Waals surface area (Å²) in [6.07, 6.45) is 1.91. The topological polar surface area (TPSA) is 75.7 Å². The molecule has 1 heterocycles. The van der Waals surface area contributed by atoms with Crippen LogP contribution in [0.15, 0.2) is 41.8 Å². The average molecular weight is 388 g/mol. The Morgan fingerprint density at radius 2 is 1.96 bits per heavy atom. The van der Waals surface area contributed by atoms with Crippen LogP contribution in [0.25, 0.3) is 0 Å². The molecule has 1 aromatic carbocycles. The van der Waals surface area contributed by atoms with Gasteiger partial charge in [0.25, 0.3) is 11.8 Å². The molecular formula is C20H24N2O4S. The monoisotopic (exact) mass is 388 g/mol. The van der Waals surface area contributed by atoms with Gasteiger partial charge in [0.2, 0.25) is 0 Å². The van der Waals surface area contributed by atoms with Crippen LogP contribution in [0.1, 0.15) is 46.7 Å². The molecule has 0 aliphatic rings. The van der Waals surface area contributed by atoms with Crippen molar-refractivity contribution < 1.29 is 19.1 Å². The van der Waals surface area contributed by atoms with Gasteiger partial charge in [0.15, 0.2) is 6.61 Å². The smallest absolute Gasteiger partial charge is 0.338 e. The van der Waals surface area contributed by atoms with Gasteiger partial charge in [0.05, 0.1) is 10.4 Å². The summed E-state index contributed by atoms with van der Waals surface area (Å²) in [5, 5.41) is 4.56. The van der Waals surface area contributed by atoms with Gasteiger partial charge in [-0.15, -0.1) is 11.3 Å². The Bertz CT molecular complexity index is 774. The van der Waals surface area contributed by atoms with E-state index in [1.807, 2.05) is 12.3 Å². The minimum atomic E-state index is -0.595. The van der Waals surface area contributed by atoms with Crippen molar-refractivity contribution in [1.29, 1.82) is 0 Å². The number of hydrogen-bond acceptors (Lipinski definition) is 5. The first-order valence-corrected chi connectivity index (χ1v) is 9.83. The molecule has 6 nitrogen and oxygen atoms in total. The number of nitrogens with zero attached hydrogens (tertiary/aromatic N) is 1. The zero-order chi connectivity index (χ0) is 19.6. The van der Waals surface area contributed by atoms with E-state index in [0.29, 0.717) is 23.7 Å². The molecule has 0 atom stereocenters. The van der Waals surface area contributed by atoms with Gasteiger partial charge >= 0.3 is 5.97 Å². The number of esters is 1. The first kappa shape index (κ1) is 20.6. The van der Waals surface area contributed by atoms with Crippen molar-refractivity contribution in [3.05, 3.63) is 52.2 Å². The molecule has 0 bridgehead atoms. The van der Waals surface area contributed by atoms with Crippen LogP contribution in [0.3, 0.4) is 0 Å². The van der Waals surface area contributed by atoms with Crippen molar-refractivity contribution in [2.75, 3.05) is 25.0 Å². The molecule has 144 valence electrons. The number of carbonyl (C=O) groups is 3. The Hall–Kier alpha value is -2.67. The van der Waals surface area contributed by atoms with Crippen molar-refractivity contribution in [1.82, 2.24) is 4.90 Å². The minimum absolute atomic E-state index is 0.207. The highest BCUT2D eigenvalue weighted by Crippen LogP contribution is 2.15. The van der Waals surface area contributed by atoms with Gasteiger partial charge in [-0.05, 0) is 43.0 Å². The van der Waals surface area contributed by atoms with E-state index < -0.39 is 5.97 Å². The summed E-state index contributed by atoms with van der Waals surface area (Å²) in [4.78, 5) is 38.7. The standard InChI is InChI=1S/C20H24N2O4S/c1-3-5-11-22(4-2)18(23)14-26-20(25)15-8-6-9-16(13-15)21-19(24)17-10-7-12-27-17/h6-10,12-13H,3-5,11,14H2,1-2H3,(H,21,24). The summed E-state index contributed by atoms with van der Waals surface area (Å²) in [6, 6.07) is 9.99. The summed E-state index contributed by atoms with van der Waals surface area (Å²) in [6.45, 7) is 4.91. The first-order valence-electron chi connectivity index (χ1n) is 8.95. The molecule has 0 spiro atoms. The number of hydrogen-bond donors (Lipinski definition) is 1. The number of amides is 2. The molecule has 2 amide bonds. The number of benzene rings is 1. The van der Waals surface area contributed by atoms with Crippen molar-refractivity contribution in [2.45, 2.75) is 26.7 Å². The molecule has 0 radical (unpaired) electrons. The van der Waals surface area contributed by atoms with Crippen LogP contribution in [-0.2, 0) is 9.53 Å².